The van der Waals surface area contributed by atoms with Crippen molar-refractivity contribution in [2.75, 3.05) is 20.3 Å². The molecule has 8 heteroatoms. The normalized spacial score (nSPS) is 15.1. The van der Waals surface area contributed by atoms with Gasteiger partial charge in [0, 0.05) is 50.2 Å². The van der Waals surface area contributed by atoms with E-state index >= 15 is 0 Å². The Hall–Kier alpha value is -3.65. The van der Waals surface area contributed by atoms with Crippen LogP contribution in [-0.2, 0) is 33.8 Å². The minimum atomic E-state index is -0.850. The van der Waals surface area contributed by atoms with Gasteiger partial charge in [0.15, 0.2) is 12.4 Å². The molecule has 3 heterocycles. The van der Waals surface area contributed by atoms with Gasteiger partial charge >= 0.3 is 5.97 Å². The van der Waals surface area contributed by atoms with Crippen LogP contribution in [0.4, 0.5) is 0 Å². The summed E-state index contributed by atoms with van der Waals surface area (Å²) < 4.78 is 17.9. The molecule has 2 aromatic heterocycles. The second kappa shape index (κ2) is 10.7. The van der Waals surface area contributed by atoms with Gasteiger partial charge in [0.1, 0.15) is 6.04 Å². The van der Waals surface area contributed by atoms with E-state index in [2.05, 4.69) is 4.57 Å². The lowest BCUT2D eigenvalue weighted by atomic mass is 9.93. The molecular weight excluding hydrogens is 448 g/mol. The summed E-state index contributed by atoms with van der Waals surface area (Å²) >= 11 is 0. The van der Waals surface area contributed by atoms with Gasteiger partial charge in [-0.05, 0) is 49.6 Å². The molecular formula is C27H30N2O6. The van der Waals surface area contributed by atoms with Crippen LogP contribution in [0, 0.1) is 13.8 Å². The minimum absolute atomic E-state index is 0.152. The zero-order valence-corrected chi connectivity index (χ0v) is 20.3. The average Bonchev–Trinajstić information content (AvgIpc) is 3.50. The number of carbonyl (C=O) groups excluding carboxylic acids is 3. The number of hydrogen-bond donors (Lipinski definition) is 0. The summed E-state index contributed by atoms with van der Waals surface area (Å²) in [5.74, 6) is -1.12. The number of benzene rings is 1. The molecule has 1 atom stereocenters. The van der Waals surface area contributed by atoms with Crippen molar-refractivity contribution in [3.8, 4) is 0 Å². The molecule has 0 spiro atoms. The molecule has 8 nitrogen and oxygen atoms in total. The zero-order valence-electron chi connectivity index (χ0n) is 20.3. The first kappa shape index (κ1) is 24.5. The maximum absolute atomic E-state index is 13.1. The second-order valence-electron chi connectivity index (χ2n) is 8.71. The summed E-state index contributed by atoms with van der Waals surface area (Å²) in [6, 6.07) is 11.8. The Morgan fingerprint density at radius 2 is 1.86 bits per heavy atom. The Kier molecular flexibility index (Phi) is 7.51. The van der Waals surface area contributed by atoms with Crippen molar-refractivity contribution in [2.45, 2.75) is 45.8 Å². The van der Waals surface area contributed by atoms with E-state index in [1.54, 1.807) is 19.2 Å². The number of fused-ring (bicyclic) bond motifs is 1. The number of carbonyl (C=O) groups is 3. The van der Waals surface area contributed by atoms with Crippen LogP contribution in [0.15, 0.2) is 53.1 Å². The van der Waals surface area contributed by atoms with E-state index in [1.165, 1.54) is 11.2 Å². The van der Waals surface area contributed by atoms with E-state index in [-0.39, 0.29) is 24.7 Å². The second-order valence-corrected chi connectivity index (χ2v) is 8.71. The first-order chi connectivity index (χ1) is 16.9. The number of nitrogens with zero attached hydrogens (tertiary/aromatic N) is 2. The number of esters is 1. The fourth-order valence-corrected chi connectivity index (χ4v) is 4.59. The molecule has 3 aromatic rings. The maximum atomic E-state index is 13.1. The summed E-state index contributed by atoms with van der Waals surface area (Å²) in [4.78, 5) is 40.6. The number of hydrogen-bond acceptors (Lipinski definition) is 6. The van der Waals surface area contributed by atoms with Crippen LogP contribution in [0.1, 0.15) is 49.8 Å². The van der Waals surface area contributed by atoms with E-state index in [1.807, 2.05) is 44.2 Å². The van der Waals surface area contributed by atoms with Crippen molar-refractivity contribution in [3.63, 3.8) is 0 Å². The van der Waals surface area contributed by atoms with Crippen molar-refractivity contribution in [1.29, 1.82) is 0 Å². The maximum Gasteiger partial charge on any atom is 0.329 e. The Morgan fingerprint density at radius 1 is 1.09 bits per heavy atom. The molecule has 1 amide bonds. The highest BCUT2D eigenvalue weighted by Crippen LogP contribution is 2.26. The van der Waals surface area contributed by atoms with Gasteiger partial charge in [-0.2, -0.15) is 0 Å². The number of aromatic nitrogens is 1. The first-order valence-corrected chi connectivity index (χ1v) is 11.7. The van der Waals surface area contributed by atoms with Gasteiger partial charge in [0.05, 0.1) is 6.26 Å². The van der Waals surface area contributed by atoms with Crippen LogP contribution >= 0.6 is 0 Å². The van der Waals surface area contributed by atoms with E-state index in [0.717, 1.165) is 35.5 Å². The SMILES string of the molecule is COCCCn1c(C)cc(C(=O)COC(=O)[C@@H]2Cc3ccccc3CN2C(=O)c2ccco2)c1C. The lowest BCUT2D eigenvalue weighted by Gasteiger charge is -2.34. The molecule has 1 aliphatic rings. The Balaban J connectivity index is 1.47. The Morgan fingerprint density at radius 3 is 2.57 bits per heavy atom. The van der Waals surface area contributed by atoms with E-state index in [0.29, 0.717) is 18.6 Å². The van der Waals surface area contributed by atoms with Gasteiger partial charge in [-0.25, -0.2) is 4.79 Å². The highest BCUT2D eigenvalue weighted by atomic mass is 16.5. The number of furan rings is 1. The van der Waals surface area contributed by atoms with Gasteiger partial charge in [-0.15, -0.1) is 0 Å². The fourth-order valence-electron chi connectivity index (χ4n) is 4.59. The molecule has 0 unspecified atom stereocenters. The predicted octanol–water partition coefficient (Wildman–Crippen LogP) is 3.73. The van der Waals surface area contributed by atoms with Crippen molar-refractivity contribution >= 4 is 17.7 Å². The Labute approximate surface area is 204 Å². The van der Waals surface area contributed by atoms with Crippen LogP contribution in [0.2, 0.25) is 0 Å². The third kappa shape index (κ3) is 5.22. The highest BCUT2D eigenvalue weighted by molar-refractivity contribution is 6.00. The molecule has 4 rings (SSSR count). The highest BCUT2D eigenvalue weighted by Gasteiger charge is 2.37. The molecule has 184 valence electrons. The summed E-state index contributed by atoms with van der Waals surface area (Å²) in [5.41, 5.74) is 4.27. The average molecular weight is 479 g/mol. The molecule has 1 aromatic carbocycles. The van der Waals surface area contributed by atoms with Crippen LogP contribution < -0.4 is 0 Å². The molecule has 0 saturated heterocycles. The molecule has 0 saturated carbocycles. The van der Waals surface area contributed by atoms with Crippen LogP contribution in [0.5, 0.6) is 0 Å². The lowest BCUT2D eigenvalue weighted by Crippen LogP contribution is -2.49. The standard InChI is InChI=1S/C27H30N2O6/c1-18-14-22(19(2)28(18)11-7-12-33-3)24(30)17-35-27(32)23-15-20-8-4-5-9-21(20)16-29(23)26(31)25-10-6-13-34-25/h4-6,8-10,13-14,23H,7,11-12,15-17H2,1-3H3/t23-/m0/s1. The van der Waals surface area contributed by atoms with Crippen molar-refractivity contribution in [2.24, 2.45) is 0 Å². The van der Waals surface area contributed by atoms with Crippen LogP contribution in [-0.4, -0.2) is 53.5 Å². The molecule has 1 aliphatic heterocycles. The van der Waals surface area contributed by atoms with Gasteiger partial charge < -0.3 is 23.4 Å². The smallest absolute Gasteiger partial charge is 0.329 e. The monoisotopic (exact) mass is 478 g/mol. The van der Waals surface area contributed by atoms with Gasteiger partial charge in [-0.1, -0.05) is 24.3 Å². The van der Waals surface area contributed by atoms with Crippen LogP contribution in [0.3, 0.4) is 0 Å². The van der Waals surface area contributed by atoms with E-state index < -0.39 is 17.9 Å². The molecule has 0 aliphatic carbocycles. The topological polar surface area (TPSA) is 91.0 Å². The lowest BCUT2D eigenvalue weighted by molar-refractivity contribution is -0.148. The number of ketones is 1. The molecule has 0 bridgehead atoms. The quantitative estimate of drug-likeness (QED) is 0.264. The van der Waals surface area contributed by atoms with E-state index in [4.69, 9.17) is 13.9 Å². The number of Topliss-reactive ketones (excluding diaryl/α,β-unsaturated/α-hetero) is 1. The van der Waals surface area contributed by atoms with E-state index in [9.17, 15) is 14.4 Å². The first-order valence-electron chi connectivity index (χ1n) is 11.7. The third-order valence-corrected chi connectivity index (χ3v) is 6.46. The minimum Gasteiger partial charge on any atom is -0.459 e. The Bertz CT molecular complexity index is 1210. The van der Waals surface area contributed by atoms with Crippen molar-refractivity contribution in [3.05, 3.63) is 82.6 Å². The number of amides is 1. The molecule has 0 radical (unpaired) electrons. The van der Waals surface area contributed by atoms with Gasteiger partial charge in [0.2, 0.25) is 5.78 Å². The zero-order chi connectivity index (χ0) is 24.9. The predicted molar refractivity (Wildman–Crippen MR) is 128 cm³/mol. The van der Waals surface area contributed by atoms with Gasteiger partial charge in [0.25, 0.3) is 5.91 Å². The van der Waals surface area contributed by atoms with Crippen molar-refractivity contribution in [1.82, 2.24) is 9.47 Å². The summed E-state index contributed by atoms with van der Waals surface area (Å²) in [6.07, 6.45) is 2.56. The largest absolute Gasteiger partial charge is 0.459 e. The molecule has 0 N–H and O–H groups in total. The number of rotatable bonds is 9. The van der Waals surface area contributed by atoms with Gasteiger partial charge in [-0.3, -0.25) is 9.59 Å². The summed E-state index contributed by atoms with van der Waals surface area (Å²) in [7, 11) is 1.66. The fraction of sp³-hybridized carbons (Fsp3) is 0.370. The number of methoxy groups -OCH3 is 1. The summed E-state index contributed by atoms with van der Waals surface area (Å²) in [6.45, 7) is 5.07. The molecule has 0 fully saturated rings. The number of ether oxygens (including phenoxy) is 2. The summed E-state index contributed by atoms with van der Waals surface area (Å²) in [5, 5.41) is 0. The number of aryl methyl sites for hydroxylation is 1. The molecule has 35 heavy (non-hydrogen) atoms. The van der Waals surface area contributed by atoms with Crippen LogP contribution in [0.25, 0.3) is 0 Å². The third-order valence-electron chi connectivity index (χ3n) is 6.46. The van der Waals surface area contributed by atoms with Crippen molar-refractivity contribution < 1.29 is 28.3 Å².